The number of nitrogens with zero attached hydrogens (tertiary/aromatic N) is 2. The zero-order valence-corrected chi connectivity index (χ0v) is 19.7. The van der Waals surface area contributed by atoms with Crippen LogP contribution >= 0.6 is 0 Å². The van der Waals surface area contributed by atoms with Gasteiger partial charge in [0.2, 0.25) is 5.91 Å². The molecule has 3 N–H and O–H groups in total. The van der Waals surface area contributed by atoms with E-state index in [9.17, 15) is 19.1 Å². The summed E-state index contributed by atoms with van der Waals surface area (Å²) < 4.78 is 13.5. The van der Waals surface area contributed by atoms with E-state index in [1.807, 2.05) is 0 Å². The molecular weight excluding hydrogens is 449 g/mol. The van der Waals surface area contributed by atoms with Crippen molar-refractivity contribution in [2.45, 2.75) is 37.7 Å². The van der Waals surface area contributed by atoms with Crippen LogP contribution in [0.3, 0.4) is 0 Å². The van der Waals surface area contributed by atoms with Gasteiger partial charge in [0.05, 0.1) is 5.69 Å². The standard InChI is InChI=1S/C27H30FN3O4/c1-31(19-7-3-2-4-9-25(32)30-35)26(33)20-10-12-21(13-11-20)27(34,24-8-5-6-18-29-24)22-14-16-23(28)17-15-22/h5-6,8,10-18,34-35H,2-4,7,9,19H2,1H3,(H,30,32). The number of amides is 2. The molecule has 0 saturated heterocycles. The molecule has 1 atom stereocenters. The van der Waals surface area contributed by atoms with Crippen molar-refractivity contribution >= 4 is 11.8 Å². The number of carbonyl (C=O) groups is 2. The highest BCUT2D eigenvalue weighted by molar-refractivity contribution is 5.94. The number of rotatable bonds is 11. The molecule has 0 aliphatic carbocycles. The molecule has 0 radical (unpaired) electrons. The molecule has 8 heteroatoms. The molecule has 1 aromatic heterocycles. The van der Waals surface area contributed by atoms with E-state index in [4.69, 9.17) is 5.21 Å². The molecule has 7 nitrogen and oxygen atoms in total. The molecule has 2 amide bonds. The molecule has 35 heavy (non-hydrogen) atoms. The Hall–Kier alpha value is -3.62. The summed E-state index contributed by atoms with van der Waals surface area (Å²) in [6.07, 6.45) is 5.03. The number of hydrogen-bond acceptors (Lipinski definition) is 5. The fourth-order valence-corrected chi connectivity index (χ4v) is 3.95. The highest BCUT2D eigenvalue weighted by Gasteiger charge is 2.35. The first-order chi connectivity index (χ1) is 16.9. The number of hydroxylamine groups is 1. The summed E-state index contributed by atoms with van der Waals surface area (Å²) in [4.78, 5) is 29.8. The molecule has 0 fully saturated rings. The van der Waals surface area contributed by atoms with Crippen molar-refractivity contribution in [2.75, 3.05) is 13.6 Å². The van der Waals surface area contributed by atoms with E-state index in [2.05, 4.69) is 4.98 Å². The van der Waals surface area contributed by atoms with Gasteiger partial charge in [-0.2, -0.15) is 0 Å². The lowest BCUT2D eigenvalue weighted by Gasteiger charge is -2.29. The second-order valence-electron chi connectivity index (χ2n) is 8.44. The Morgan fingerprint density at radius 3 is 2.17 bits per heavy atom. The molecular formula is C27H30FN3O4. The predicted octanol–water partition coefficient (Wildman–Crippen LogP) is 4.03. The van der Waals surface area contributed by atoms with Crippen molar-refractivity contribution in [1.29, 1.82) is 0 Å². The van der Waals surface area contributed by atoms with Crippen molar-refractivity contribution in [3.05, 3.63) is 101 Å². The summed E-state index contributed by atoms with van der Waals surface area (Å²) in [5.41, 5.74) is 1.84. The lowest BCUT2D eigenvalue weighted by Crippen LogP contribution is -2.31. The monoisotopic (exact) mass is 479 g/mol. The van der Waals surface area contributed by atoms with Crippen LogP contribution in [0.1, 0.15) is 59.3 Å². The molecule has 0 aliphatic rings. The van der Waals surface area contributed by atoms with Crippen LogP contribution in [0.4, 0.5) is 4.39 Å². The summed E-state index contributed by atoms with van der Waals surface area (Å²) in [7, 11) is 1.73. The first-order valence-electron chi connectivity index (χ1n) is 11.5. The van der Waals surface area contributed by atoms with Crippen LogP contribution < -0.4 is 5.48 Å². The first-order valence-corrected chi connectivity index (χ1v) is 11.5. The number of pyridine rings is 1. The number of halogens is 1. The summed E-state index contributed by atoms with van der Waals surface area (Å²) in [5.74, 6) is -0.939. The Morgan fingerprint density at radius 2 is 1.57 bits per heavy atom. The van der Waals surface area contributed by atoms with E-state index in [1.54, 1.807) is 66.1 Å². The molecule has 0 bridgehead atoms. The van der Waals surface area contributed by atoms with Gasteiger partial charge >= 0.3 is 0 Å². The van der Waals surface area contributed by atoms with Crippen molar-refractivity contribution in [2.24, 2.45) is 0 Å². The van der Waals surface area contributed by atoms with E-state index in [-0.39, 0.29) is 12.3 Å². The average Bonchev–Trinajstić information content (AvgIpc) is 2.90. The summed E-state index contributed by atoms with van der Waals surface area (Å²) in [6, 6.07) is 17.5. The zero-order chi connectivity index (χ0) is 25.3. The number of carbonyl (C=O) groups excluding carboxylic acids is 2. The van der Waals surface area contributed by atoms with Crippen LogP contribution in [-0.2, 0) is 10.4 Å². The smallest absolute Gasteiger partial charge is 0.253 e. The molecule has 0 aliphatic heterocycles. The van der Waals surface area contributed by atoms with E-state index >= 15 is 0 Å². The van der Waals surface area contributed by atoms with Gasteiger partial charge in [0.15, 0.2) is 5.60 Å². The maximum absolute atomic E-state index is 13.5. The lowest BCUT2D eigenvalue weighted by atomic mass is 9.83. The van der Waals surface area contributed by atoms with Crippen molar-refractivity contribution in [1.82, 2.24) is 15.4 Å². The molecule has 0 saturated carbocycles. The lowest BCUT2D eigenvalue weighted by molar-refractivity contribution is -0.129. The largest absolute Gasteiger partial charge is 0.374 e. The van der Waals surface area contributed by atoms with Crippen molar-refractivity contribution in [3.8, 4) is 0 Å². The van der Waals surface area contributed by atoms with Crippen LogP contribution in [0.2, 0.25) is 0 Å². The van der Waals surface area contributed by atoms with Gasteiger partial charge < -0.3 is 10.0 Å². The third kappa shape index (κ3) is 6.49. The van der Waals surface area contributed by atoms with Crippen molar-refractivity contribution in [3.63, 3.8) is 0 Å². The Morgan fingerprint density at radius 1 is 0.943 bits per heavy atom. The Balaban J connectivity index is 1.69. The number of unbranched alkanes of at least 4 members (excludes halogenated alkanes) is 3. The molecule has 2 aromatic carbocycles. The van der Waals surface area contributed by atoms with Crippen LogP contribution in [0.15, 0.2) is 72.9 Å². The number of benzene rings is 2. The van der Waals surface area contributed by atoms with Gasteiger partial charge in [-0.25, -0.2) is 9.87 Å². The number of aliphatic hydroxyl groups is 1. The van der Waals surface area contributed by atoms with Gasteiger partial charge in [-0.3, -0.25) is 19.8 Å². The fraction of sp³-hybridized carbons (Fsp3) is 0.296. The Kier molecular flexibility index (Phi) is 9.05. The molecule has 3 rings (SSSR count). The third-order valence-electron chi connectivity index (χ3n) is 5.97. The van der Waals surface area contributed by atoms with Crippen molar-refractivity contribution < 1.29 is 24.3 Å². The quantitative estimate of drug-likeness (QED) is 0.219. The van der Waals surface area contributed by atoms with E-state index in [0.29, 0.717) is 35.3 Å². The van der Waals surface area contributed by atoms with E-state index in [0.717, 1.165) is 19.3 Å². The third-order valence-corrected chi connectivity index (χ3v) is 5.97. The predicted molar refractivity (Wildman–Crippen MR) is 129 cm³/mol. The Bertz CT molecular complexity index is 1110. The molecule has 3 aromatic rings. The minimum atomic E-state index is -1.62. The van der Waals surface area contributed by atoms with Gasteiger partial charge in [0.25, 0.3) is 5.91 Å². The normalized spacial score (nSPS) is 12.6. The number of nitrogens with one attached hydrogen (secondary N) is 1. The Labute approximate surface area is 204 Å². The average molecular weight is 480 g/mol. The molecule has 0 spiro atoms. The highest BCUT2D eigenvalue weighted by Crippen LogP contribution is 2.35. The van der Waals surface area contributed by atoms with Crippen LogP contribution in [0.25, 0.3) is 0 Å². The number of aromatic nitrogens is 1. The second kappa shape index (κ2) is 12.2. The van der Waals surface area contributed by atoms with Crippen LogP contribution in [-0.4, -0.2) is 45.6 Å². The highest BCUT2D eigenvalue weighted by atomic mass is 19.1. The van der Waals surface area contributed by atoms with Gasteiger partial charge in [-0.05, 0) is 60.4 Å². The topological polar surface area (TPSA) is 103 Å². The fourth-order valence-electron chi connectivity index (χ4n) is 3.95. The second-order valence-corrected chi connectivity index (χ2v) is 8.44. The number of hydrogen-bond donors (Lipinski definition) is 3. The first kappa shape index (κ1) is 26.0. The minimum Gasteiger partial charge on any atom is -0.374 e. The maximum atomic E-state index is 13.5. The molecule has 1 unspecified atom stereocenters. The summed E-state index contributed by atoms with van der Waals surface area (Å²) in [6.45, 7) is 0.570. The van der Waals surface area contributed by atoms with E-state index in [1.165, 1.54) is 24.3 Å². The van der Waals surface area contributed by atoms with Gasteiger partial charge in [-0.1, -0.05) is 43.2 Å². The van der Waals surface area contributed by atoms with Crippen LogP contribution in [0.5, 0.6) is 0 Å². The van der Waals surface area contributed by atoms with Gasteiger partial charge in [0, 0.05) is 31.8 Å². The molecule has 184 valence electrons. The maximum Gasteiger partial charge on any atom is 0.253 e. The van der Waals surface area contributed by atoms with Gasteiger partial charge in [0.1, 0.15) is 5.82 Å². The summed E-state index contributed by atoms with van der Waals surface area (Å²) >= 11 is 0. The van der Waals surface area contributed by atoms with Gasteiger partial charge in [-0.15, -0.1) is 0 Å². The SMILES string of the molecule is CN(CCCCCCC(=O)NO)C(=O)c1ccc(C(O)(c2ccc(F)cc2)c2ccccn2)cc1. The molecule has 1 heterocycles. The van der Waals surface area contributed by atoms with Crippen LogP contribution in [0, 0.1) is 5.82 Å². The zero-order valence-electron chi connectivity index (χ0n) is 19.7. The summed E-state index contributed by atoms with van der Waals surface area (Å²) in [5, 5.41) is 20.3. The minimum absolute atomic E-state index is 0.139. The van der Waals surface area contributed by atoms with E-state index < -0.39 is 17.3 Å².